The van der Waals surface area contributed by atoms with Crippen LogP contribution in [0.2, 0.25) is 0 Å². The van der Waals surface area contributed by atoms with Gasteiger partial charge in [-0.3, -0.25) is 9.59 Å². The fourth-order valence-corrected chi connectivity index (χ4v) is 1.88. The predicted molar refractivity (Wildman–Crippen MR) is 84.8 cm³/mol. The molecule has 4 atom stereocenters. The van der Waals surface area contributed by atoms with E-state index in [9.17, 15) is 35.1 Å². The van der Waals surface area contributed by atoms with Gasteiger partial charge in [-0.2, -0.15) is 0 Å². The number of phenolic OH excluding ortho intramolecular Hbond substituents is 1. The maximum Gasteiger partial charge on any atom is 0.233 e. The second-order valence-corrected chi connectivity index (χ2v) is 5.17. The van der Waals surface area contributed by atoms with Gasteiger partial charge in [-0.25, -0.2) is 0 Å². The third-order valence-corrected chi connectivity index (χ3v) is 3.40. The average molecular weight is 356 g/mol. The van der Waals surface area contributed by atoms with Crippen molar-refractivity contribution in [1.29, 1.82) is 0 Å². The lowest BCUT2D eigenvalue weighted by Gasteiger charge is -2.24. The number of rotatable bonds is 9. The molecular formula is C16H20O9. The Kier molecular flexibility index (Phi) is 7.68. The Morgan fingerprint density at radius 3 is 2.36 bits per heavy atom. The summed E-state index contributed by atoms with van der Waals surface area (Å²) < 4.78 is 4.89. The minimum Gasteiger partial charge on any atom is -0.504 e. The van der Waals surface area contributed by atoms with Crippen molar-refractivity contribution in [2.45, 2.75) is 24.4 Å². The van der Waals surface area contributed by atoms with E-state index in [0.29, 0.717) is 5.56 Å². The summed E-state index contributed by atoms with van der Waals surface area (Å²) in [5, 5.41) is 55.9. The van der Waals surface area contributed by atoms with E-state index >= 15 is 0 Å². The molecule has 0 aliphatic rings. The second kappa shape index (κ2) is 9.25. The van der Waals surface area contributed by atoms with Gasteiger partial charge in [0.2, 0.25) is 11.6 Å². The van der Waals surface area contributed by atoms with Crippen molar-refractivity contribution in [3.63, 3.8) is 0 Å². The number of ketones is 2. The summed E-state index contributed by atoms with van der Waals surface area (Å²) in [5.41, 5.74) is 0.418. The Balaban J connectivity index is 2.80. The molecule has 0 heterocycles. The number of hydrogen-bond acceptors (Lipinski definition) is 9. The molecule has 0 saturated heterocycles. The molecule has 0 aliphatic heterocycles. The molecule has 25 heavy (non-hydrogen) atoms. The van der Waals surface area contributed by atoms with Crippen LogP contribution in [0.1, 0.15) is 5.56 Å². The number of hydrogen-bond donors (Lipinski definition) is 6. The van der Waals surface area contributed by atoms with E-state index in [1.54, 1.807) is 0 Å². The molecule has 9 nitrogen and oxygen atoms in total. The number of carbonyl (C=O) groups excluding carboxylic acids is 2. The molecule has 1 aromatic carbocycles. The molecule has 1 rings (SSSR count). The lowest BCUT2D eigenvalue weighted by molar-refractivity contribution is -0.152. The fourth-order valence-electron chi connectivity index (χ4n) is 1.88. The Hall–Kier alpha value is -2.30. The normalized spacial score (nSPS) is 16.2. The number of benzene rings is 1. The van der Waals surface area contributed by atoms with Crippen molar-refractivity contribution in [3.8, 4) is 11.5 Å². The zero-order chi connectivity index (χ0) is 19.1. The molecule has 0 aliphatic carbocycles. The maximum atomic E-state index is 11.8. The van der Waals surface area contributed by atoms with Crippen LogP contribution in [0.5, 0.6) is 11.5 Å². The number of methoxy groups -OCH3 is 1. The molecular weight excluding hydrogens is 336 g/mol. The highest BCUT2D eigenvalue weighted by Crippen LogP contribution is 2.26. The van der Waals surface area contributed by atoms with Gasteiger partial charge in [0.1, 0.15) is 24.4 Å². The minimum absolute atomic E-state index is 0.114. The van der Waals surface area contributed by atoms with Gasteiger partial charge in [0, 0.05) is 0 Å². The molecule has 6 N–H and O–H groups in total. The summed E-state index contributed by atoms with van der Waals surface area (Å²) in [6.45, 7) is -0.907. The first kappa shape index (κ1) is 20.7. The Bertz CT molecular complexity index is 640. The highest BCUT2D eigenvalue weighted by molar-refractivity contribution is 6.43. The number of aromatic hydroxyl groups is 1. The first-order chi connectivity index (χ1) is 11.7. The van der Waals surface area contributed by atoms with Crippen LogP contribution in [0.3, 0.4) is 0 Å². The van der Waals surface area contributed by atoms with Gasteiger partial charge < -0.3 is 35.4 Å². The topological polar surface area (TPSA) is 165 Å². The number of phenols is 1. The summed E-state index contributed by atoms with van der Waals surface area (Å²) in [6, 6.07) is 4.16. The monoisotopic (exact) mass is 356 g/mol. The lowest BCUT2D eigenvalue weighted by Crippen LogP contribution is -2.49. The number of aliphatic hydroxyl groups is 5. The van der Waals surface area contributed by atoms with Crippen molar-refractivity contribution in [1.82, 2.24) is 0 Å². The quantitative estimate of drug-likeness (QED) is 0.216. The van der Waals surface area contributed by atoms with Gasteiger partial charge in [0.25, 0.3) is 0 Å². The summed E-state index contributed by atoms with van der Waals surface area (Å²) >= 11 is 0. The molecule has 0 spiro atoms. The first-order valence-electron chi connectivity index (χ1n) is 7.19. The van der Waals surface area contributed by atoms with Crippen molar-refractivity contribution < 1.29 is 45.0 Å². The largest absolute Gasteiger partial charge is 0.504 e. The molecule has 138 valence electrons. The lowest BCUT2D eigenvalue weighted by atomic mass is 9.98. The van der Waals surface area contributed by atoms with E-state index in [2.05, 4.69) is 0 Å². The van der Waals surface area contributed by atoms with Crippen molar-refractivity contribution in [2.24, 2.45) is 0 Å². The summed E-state index contributed by atoms with van der Waals surface area (Å²) in [7, 11) is 1.33. The molecule has 0 unspecified atom stereocenters. The highest BCUT2D eigenvalue weighted by Gasteiger charge is 2.36. The van der Waals surface area contributed by atoms with Crippen molar-refractivity contribution in [2.75, 3.05) is 13.7 Å². The van der Waals surface area contributed by atoms with Crippen molar-refractivity contribution in [3.05, 3.63) is 29.8 Å². The highest BCUT2D eigenvalue weighted by atomic mass is 16.5. The van der Waals surface area contributed by atoms with Crippen LogP contribution in [0.25, 0.3) is 6.08 Å². The molecule has 0 saturated carbocycles. The van der Waals surface area contributed by atoms with Gasteiger partial charge in [0.15, 0.2) is 11.5 Å². The molecule has 0 amide bonds. The number of Topliss-reactive ketones (excluding diaryl/α,β-unsaturated/α-hetero) is 1. The SMILES string of the molecule is COc1cc(/C=C/C(=O)C(=O)[C@H](O)[C@@H](O)[C@H](O)[C@H](O)CO)ccc1O. The zero-order valence-corrected chi connectivity index (χ0v) is 13.3. The standard InChI is InChI=1S/C16H20O9/c1-25-12-6-8(2-4-9(12)18)3-5-10(19)13(21)15(23)16(24)14(22)11(20)7-17/h2-6,11,14-18,20,22-24H,7H2,1H3/b5-3+/t11-,14-,15+,16+/m1/s1. The predicted octanol–water partition coefficient (Wildman–Crippen LogP) is -2.01. The number of ether oxygens (including phenoxy) is 1. The van der Waals surface area contributed by atoms with E-state index in [1.165, 1.54) is 31.4 Å². The van der Waals surface area contributed by atoms with E-state index in [-0.39, 0.29) is 11.5 Å². The van der Waals surface area contributed by atoms with Gasteiger partial charge in [0.05, 0.1) is 13.7 Å². The molecule has 1 aromatic rings. The molecule has 0 bridgehead atoms. The van der Waals surface area contributed by atoms with Gasteiger partial charge >= 0.3 is 0 Å². The van der Waals surface area contributed by atoms with Crippen LogP contribution >= 0.6 is 0 Å². The van der Waals surface area contributed by atoms with Crippen LogP contribution < -0.4 is 4.74 Å². The van der Waals surface area contributed by atoms with Crippen LogP contribution in [-0.4, -0.2) is 80.3 Å². The molecule has 0 radical (unpaired) electrons. The van der Waals surface area contributed by atoms with E-state index in [4.69, 9.17) is 9.84 Å². The number of allylic oxidation sites excluding steroid dienone is 1. The molecule has 0 aromatic heterocycles. The maximum absolute atomic E-state index is 11.8. The van der Waals surface area contributed by atoms with Crippen LogP contribution in [-0.2, 0) is 9.59 Å². The fraction of sp³-hybridized carbons (Fsp3) is 0.375. The van der Waals surface area contributed by atoms with Crippen LogP contribution in [0.4, 0.5) is 0 Å². The van der Waals surface area contributed by atoms with Gasteiger partial charge in [-0.15, -0.1) is 0 Å². The molecule has 9 heteroatoms. The summed E-state index contributed by atoms with van der Waals surface area (Å²) in [4.78, 5) is 23.5. The smallest absolute Gasteiger partial charge is 0.233 e. The third-order valence-electron chi connectivity index (χ3n) is 3.40. The second-order valence-electron chi connectivity index (χ2n) is 5.17. The zero-order valence-electron chi connectivity index (χ0n) is 13.3. The molecule has 0 fully saturated rings. The number of aliphatic hydroxyl groups excluding tert-OH is 5. The van der Waals surface area contributed by atoms with E-state index in [1.807, 2.05) is 0 Å². The van der Waals surface area contributed by atoms with Crippen molar-refractivity contribution >= 4 is 17.6 Å². The van der Waals surface area contributed by atoms with E-state index < -0.39 is 42.6 Å². The van der Waals surface area contributed by atoms with Crippen LogP contribution in [0.15, 0.2) is 24.3 Å². The summed E-state index contributed by atoms with van der Waals surface area (Å²) in [6.07, 6.45) is -6.17. The minimum atomic E-state index is -2.28. The van der Waals surface area contributed by atoms with Crippen LogP contribution in [0, 0.1) is 0 Å². The summed E-state index contributed by atoms with van der Waals surface area (Å²) in [5.74, 6) is -2.53. The van der Waals surface area contributed by atoms with Gasteiger partial charge in [-0.05, 0) is 23.8 Å². The number of carbonyl (C=O) groups is 2. The first-order valence-corrected chi connectivity index (χ1v) is 7.19. The Morgan fingerprint density at radius 1 is 1.16 bits per heavy atom. The van der Waals surface area contributed by atoms with Gasteiger partial charge in [-0.1, -0.05) is 12.1 Å². The third kappa shape index (κ3) is 5.34. The Morgan fingerprint density at radius 2 is 1.80 bits per heavy atom. The van der Waals surface area contributed by atoms with E-state index in [0.717, 1.165) is 6.08 Å². The Labute approximate surface area is 143 Å². The average Bonchev–Trinajstić information content (AvgIpc) is 2.63.